The largest absolute Gasteiger partial charge is 0.497 e. The molecule has 21 heavy (non-hydrogen) atoms. The summed E-state index contributed by atoms with van der Waals surface area (Å²) in [6, 6.07) is 7.72. The third-order valence-electron chi connectivity index (χ3n) is 3.75. The maximum atomic E-state index is 12.2. The van der Waals surface area contributed by atoms with Crippen molar-refractivity contribution in [3.8, 4) is 5.75 Å². The highest BCUT2D eigenvalue weighted by Crippen LogP contribution is 2.20. The van der Waals surface area contributed by atoms with Gasteiger partial charge in [0.25, 0.3) is 0 Å². The number of benzene rings is 1. The van der Waals surface area contributed by atoms with Crippen molar-refractivity contribution in [2.45, 2.75) is 32.9 Å². The van der Waals surface area contributed by atoms with Gasteiger partial charge in [-0.3, -0.25) is 9.59 Å². The highest BCUT2D eigenvalue weighted by molar-refractivity contribution is 5.89. The van der Waals surface area contributed by atoms with E-state index in [4.69, 9.17) is 4.74 Å². The second-order valence-electron chi connectivity index (χ2n) is 5.61. The van der Waals surface area contributed by atoms with Crippen LogP contribution >= 0.6 is 0 Å². The van der Waals surface area contributed by atoms with E-state index >= 15 is 0 Å². The van der Waals surface area contributed by atoms with Crippen LogP contribution in [-0.2, 0) is 16.1 Å². The molecule has 0 saturated carbocycles. The summed E-state index contributed by atoms with van der Waals surface area (Å²) in [5.41, 5.74) is 0.979. The first-order valence-electron chi connectivity index (χ1n) is 7.21. The number of methoxy groups -OCH3 is 1. The van der Waals surface area contributed by atoms with Gasteiger partial charge in [-0.15, -0.1) is 0 Å². The first-order chi connectivity index (χ1) is 10.0. The number of hydrogen-bond acceptors (Lipinski definition) is 3. The lowest BCUT2D eigenvalue weighted by Gasteiger charge is -2.20. The summed E-state index contributed by atoms with van der Waals surface area (Å²) >= 11 is 0. The van der Waals surface area contributed by atoms with Crippen LogP contribution in [0, 0.1) is 5.92 Å². The van der Waals surface area contributed by atoms with E-state index in [1.807, 2.05) is 38.1 Å². The number of carbonyl (C=O) groups is 2. The molecule has 1 aliphatic heterocycles. The van der Waals surface area contributed by atoms with Gasteiger partial charge in [0.05, 0.1) is 13.0 Å². The molecule has 1 aromatic carbocycles. The van der Waals surface area contributed by atoms with E-state index in [-0.39, 0.29) is 23.8 Å². The Kier molecular flexibility index (Phi) is 4.83. The van der Waals surface area contributed by atoms with Gasteiger partial charge in [-0.1, -0.05) is 12.1 Å². The van der Waals surface area contributed by atoms with Gasteiger partial charge in [0, 0.05) is 25.6 Å². The Morgan fingerprint density at radius 2 is 2.24 bits per heavy atom. The van der Waals surface area contributed by atoms with Crippen LogP contribution in [0.3, 0.4) is 0 Å². The predicted octanol–water partition coefficient (Wildman–Crippen LogP) is 1.57. The molecular formula is C16H22N2O3. The zero-order chi connectivity index (χ0) is 15.4. The van der Waals surface area contributed by atoms with Crippen molar-refractivity contribution in [3.63, 3.8) is 0 Å². The topological polar surface area (TPSA) is 58.6 Å². The Bertz CT molecular complexity index is 528. The molecule has 114 valence electrons. The van der Waals surface area contributed by atoms with Crippen molar-refractivity contribution in [1.29, 1.82) is 0 Å². The molecular weight excluding hydrogens is 268 g/mol. The predicted molar refractivity (Wildman–Crippen MR) is 79.8 cm³/mol. The van der Waals surface area contributed by atoms with Crippen LogP contribution in [0.2, 0.25) is 0 Å². The lowest BCUT2D eigenvalue weighted by molar-refractivity contribution is -0.129. The van der Waals surface area contributed by atoms with Crippen LogP contribution in [-0.4, -0.2) is 36.4 Å². The minimum atomic E-state index is -0.245. The molecule has 5 heteroatoms. The summed E-state index contributed by atoms with van der Waals surface area (Å²) < 4.78 is 5.15. The van der Waals surface area contributed by atoms with Crippen molar-refractivity contribution in [1.82, 2.24) is 10.2 Å². The van der Waals surface area contributed by atoms with E-state index in [9.17, 15) is 9.59 Å². The lowest BCUT2D eigenvalue weighted by atomic mass is 10.1. The Balaban J connectivity index is 1.89. The highest BCUT2D eigenvalue weighted by Gasteiger charge is 2.35. The molecule has 0 radical (unpaired) electrons. The van der Waals surface area contributed by atoms with E-state index in [1.54, 1.807) is 12.0 Å². The first-order valence-corrected chi connectivity index (χ1v) is 7.21. The molecule has 0 unspecified atom stereocenters. The Hall–Kier alpha value is -2.04. The zero-order valence-electron chi connectivity index (χ0n) is 12.8. The van der Waals surface area contributed by atoms with E-state index in [0.717, 1.165) is 11.3 Å². The van der Waals surface area contributed by atoms with Gasteiger partial charge < -0.3 is 15.0 Å². The molecule has 1 atom stereocenters. The van der Waals surface area contributed by atoms with E-state index in [2.05, 4.69) is 5.32 Å². The van der Waals surface area contributed by atoms with Gasteiger partial charge in [-0.2, -0.15) is 0 Å². The Labute approximate surface area is 125 Å². The van der Waals surface area contributed by atoms with E-state index in [0.29, 0.717) is 19.5 Å². The number of nitrogens with one attached hydrogen (secondary N) is 1. The number of rotatable bonds is 5. The molecule has 1 heterocycles. The van der Waals surface area contributed by atoms with Crippen LogP contribution < -0.4 is 10.1 Å². The summed E-state index contributed by atoms with van der Waals surface area (Å²) in [5, 5.41) is 2.90. The van der Waals surface area contributed by atoms with Crippen molar-refractivity contribution in [3.05, 3.63) is 29.8 Å². The number of amides is 2. The molecule has 1 aromatic rings. The van der Waals surface area contributed by atoms with Crippen LogP contribution in [0.15, 0.2) is 24.3 Å². The SMILES string of the molecule is COc1cccc(CNC(=O)[C@@H]2CC(=O)N(C(C)C)C2)c1. The van der Waals surface area contributed by atoms with Crippen molar-refractivity contribution in [2.75, 3.05) is 13.7 Å². The fourth-order valence-electron chi connectivity index (χ4n) is 2.52. The zero-order valence-corrected chi connectivity index (χ0v) is 12.8. The smallest absolute Gasteiger partial charge is 0.225 e. The average molecular weight is 290 g/mol. The average Bonchev–Trinajstić information content (AvgIpc) is 2.87. The highest BCUT2D eigenvalue weighted by atomic mass is 16.5. The second kappa shape index (κ2) is 6.61. The molecule has 1 fully saturated rings. The molecule has 0 bridgehead atoms. The molecule has 0 aliphatic carbocycles. The molecule has 0 aromatic heterocycles. The summed E-state index contributed by atoms with van der Waals surface area (Å²) in [6.45, 7) is 4.89. The van der Waals surface area contributed by atoms with Crippen LogP contribution in [0.4, 0.5) is 0 Å². The maximum Gasteiger partial charge on any atom is 0.225 e. The van der Waals surface area contributed by atoms with Crippen LogP contribution in [0.5, 0.6) is 5.75 Å². The molecule has 1 aliphatic rings. The van der Waals surface area contributed by atoms with Crippen LogP contribution in [0.1, 0.15) is 25.8 Å². The van der Waals surface area contributed by atoms with Gasteiger partial charge in [-0.25, -0.2) is 0 Å². The normalized spacial score (nSPS) is 18.2. The number of likely N-dealkylation sites (tertiary alicyclic amines) is 1. The summed E-state index contributed by atoms with van der Waals surface area (Å²) in [6.07, 6.45) is 0.308. The van der Waals surface area contributed by atoms with Gasteiger partial charge in [0.1, 0.15) is 5.75 Å². The molecule has 1 saturated heterocycles. The number of ether oxygens (including phenoxy) is 1. The van der Waals surface area contributed by atoms with Crippen LogP contribution in [0.25, 0.3) is 0 Å². The number of nitrogens with zero attached hydrogens (tertiary/aromatic N) is 1. The molecule has 1 N–H and O–H groups in total. The Morgan fingerprint density at radius 3 is 2.86 bits per heavy atom. The fraction of sp³-hybridized carbons (Fsp3) is 0.500. The van der Waals surface area contributed by atoms with Gasteiger partial charge in [0.2, 0.25) is 11.8 Å². The minimum absolute atomic E-state index is 0.0608. The first kappa shape index (κ1) is 15.4. The number of carbonyl (C=O) groups excluding carboxylic acids is 2. The minimum Gasteiger partial charge on any atom is -0.497 e. The second-order valence-corrected chi connectivity index (χ2v) is 5.61. The molecule has 2 amide bonds. The maximum absolute atomic E-state index is 12.2. The third-order valence-corrected chi connectivity index (χ3v) is 3.75. The van der Waals surface area contributed by atoms with Gasteiger partial charge in [0.15, 0.2) is 0 Å². The summed E-state index contributed by atoms with van der Waals surface area (Å²) in [7, 11) is 1.61. The summed E-state index contributed by atoms with van der Waals surface area (Å²) in [5.74, 6) is 0.523. The van der Waals surface area contributed by atoms with Crippen molar-refractivity contribution >= 4 is 11.8 Å². The number of hydrogen-bond donors (Lipinski definition) is 1. The van der Waals surface area contributed by atoms with Crippen molar-refractivity contribution in [2.24, 2.45) is 5.92 Å². The molecule has 2 rings (SSSR count). The lowest BCUT2D eigenvalue weighted by Crippen LogP contribution is -2.35. The Morgan fingerprint density at radius 1 is 1.48 bits per heavy atom. The molecule has 5 nitrogen and oxygen atoms in total. The standard InChI is InChI=1S/C16H22N2O3/c1-11(2)18-10-13(8-15(18)19)16(20)17-9-12-5-4-6-14(7-12)21-3/h4-7,11,13H,8-10H2,1-3H3,(H,17,20)/t13-/m1/s1. The third kappa shape index (κ3) is 3.74. The summed E-state index contributed by atoms with van der Waals surface area (Å²) in [4.78, 5) is 25.7. The van der Waals surface area contributed by atoms with Crippen molar-refractivity contribution < 1.29 is 14.3 Å². The molecule has 0 spiro atoms. The van der Waals surface area contributed by atoms with E-state index < -0.39 is 0 Å². The van der Waals surface area contributed by atoms with E-state index in [1.165, 1.54) is 0 Å². The van der Waals surface area contributed by atoms with Gasteiger partial charge in [-0.05, 0) is 31.5 Å². The fourth-order valence-corrected chi connectivity index (χ4v) is 2.52. The monoisotopic (exact) mass is 290 g/mol. The van der Waals surface area contributed by atoms with Gasteiger partial charge >= 0.3 is 0 Å². The quantitative estimate of drug-likeness (QED) is 0.895.